The number of hydrogen-bond acceptors (Lipinski definition) is 5. The molecule has 0 aliphatic carbocycles. The normalized spacial score (nSPS) is 10.3. The van der Waals surface area contributed by atoms with E-state index in [0.717, 1.165) is 0 Å². The van der Waals surface area contributed by atoms with Crippen molar-refractivity contribution in [2.45, 2.75) is 0 Å². The molecule has 0 unspecified atom stereocenters. The summed E-state index contributed by atoms with van der Waals surface area (Å²) in [6, 6.07) is 1.70. The van der Waals surface area contributed by atoms with Crippen LogP contribution in [0.3, 0.4) is 0 Å². The van der Waals surface area contributed by atoms with Gasteiger partial charge in [0, 0.05) is 18.5 Å². The molecule has 2 aromatic rings. The first-order chi connectivity index (χ1) is 7.22. The average Bonchev–Trinajstić information content (AvgIpc) is 2.84. The maximum Gasteiger partial charge on any atom is 0.240 e. The van der Waals surface area contributed by atoms with Crippen molar-refractivity contribution in [3.05, 3.63) is 28.5 Å². The van der Waals surface area contributed by atoms with Crippen LogP contribution in [0.1, 0.15) is 15.5 Å². The Morgan fingerprint density at radius 2 is 2.40 bits per heavy atom. The van der Waals surface area contributed by atoms with Crippen molar-refractivity contribution < 1.29 is 9.53 Å². The van der Waals surface area contributed by atoms with Crippen LogP contribution in [0.25, 0.3) is 0 Å². The molecule has 0 fully saturated rings. The van der Waals surface area contributed by atoms with Gasteiger partial charge in [0.2, 0.25) is 11.6 Å². The minimum atomic E-state index is -0.136. The van der Waals surface area contributed by atoms with E-state index in [-0.39, 0.29) is 5.78 Å². The van der Waals surface area contributed by atoms with E-state index in [1.807, 2.05) is 0 Å². The first-order valence-corrected chi connectivity index (χ1v) is 5.11. The molecular formula is C9H9N3O2S. The van der Waals surface area contributed by atoms with Crippen LogP contribution in [0.15, 0.2) is 17.8 Å². The molecule has 5 nitrogen and oxygen atoms in total. The maximum absolute atomic E-state index is 11.9. The predicted molar refractivity (Wildman–Crippen MR) is 55.3 cm³/mol. The number of nitrogens with zero attached hydrogens (tertiary/aromatic N) is 3. The summed E-state index contributed by atoms with van der Waals surface area (Å²) in [5, 5.41) is 9.20. The maximum atomic E-state index is 11.9. The first kappa shape index (κ1) is 9.85. The Labute approximate surface area is 90.3 Å². The van der Waals surface area contributed by atoms with Gasteiger partial charge in [0.15, 0.2) is 0 Å². The van der Waals surface area contributed by atoms with Crippen LogP contribution in [0.2, 0.25) is 0 Å². The van der Waals surface area contributed by atoms with Gasteiger partial charge in [0.25, 0.3) is 0 Å². The van der Waals surface area contributed by atoms with Crippen LogP contribution in [0, 0.1) is 0 Å². The van der Waals surface area contributed by atoms with Crippen molar-refractivity contribution in [2.24, 2.45) is 7.05 Å². The summed E-state index contributed by atoms with van der Waals surface area (Å²) in [6.45, 7) is 0. The summed E-state index contributed by atoms with van der Waals surface area (Å²) in [6.07, 6.45) is 1.50. The molecule has 0 aromatic carbocycles. The van der Waals surface area contributed by atoms with Gasteiger partial charge in [0.1, 0.15) is 12.1 Å². The van der Waals surface area contributed by atoms with Gasteiger partial charge >= 0.3 is 0 Å². The molecule has 0 N–H and O–H groups in total. The number of ketones is 1. The van der Waals surface area contributed by atoms with Crippen molar-refractivity contribution >= 4 is 17.1 Å². The molecule has 0 aliphatic heterocycles. The van der Waals surface area contributed by atoms with E-state index >= 15 is 0 Å². The SMILES string of the molecule is COc1csc(C(=O)c2nncn2C)c1. The molecule has 0 spiro atoms. The fourth-order valence-corrected chi connectivity index (χ4v) is 1.93. The van der Waals surface area contributed by atoms with Gasteiger partial charge in [-0.15, -0.1) is 21.5 Å². The molecule has 0 radical (unpaired) electrons. The van der Waals surface area contributed by atoms with Crippen molar-refractivity contribution in [1.82, 2.24) is 14.8 Å². The fourth-order valence-electron chi connectivity index (χ4n) is 1.14. The lowest BCUT2D eigenvalue weighted by molar-refractivity contribution is 0.102. The van der Waals surface area contributed by atoms with E-state index in [9.17, 15) is 4.79 Å². The molecule has 2 heterocycles. The topological polar surface area (TPSA) is 57.0 Å². The Bertz CT molecular complexity index is 489. The molecule has 78 valence electrons. The lowest BCUT2D eigenvalue weighted by Crippen LogP contribution is -2.06. The van der Waals surface area contributed by atoms with Crippen molar-refractivity contribution in [1.29, 1.82) is 0 Å². The first-order valence-electron chi connectivity index (χ1n) is 4.23. The molecule has 2 rings (SSSR count). The number of rotatable bonds is 3. The summed E-state index contributed by atoms with van der Waals surface area (Å²) in [4.78, 5) is 12.5. The number of hydrogen-bond donors (Lipinski definition) is 0. The Kier molecular flexibility index (Phi) is 2.51. The third-order valence-corrected chi connectivity index (χ3v) is 2.86. The van der Waals surface area contributed by atoms with Gasteiger partial charge in [0.05, 0.1) is 12.0 Å². The van der Waals surface area contributed by atoms with E-state index in [4.69, 9.17) is 4.74 Å². The highest BCUT2D eigenvalue weighted by molar-refractivity contribution is 7.12. The van der Waals surface area contributed by atoms with Crippen molar-refractivity contribution in [3.63, 3.8) is 0 Å². The minimum absolute atomic E-state index is 0.136. The van der Waals surface area contributed by atoms with Crippen LogP contribution >= 0.6 is 11.3 Å². The molecular weight excluding hydrogens is 214 g/mol. The fraction of sp³-hybridized carbons (Fsp3) is 0.222. The zero-order valence-corrected chi connectivity index (χ0v) is 9.11. The highest BCUT2D eigenvalue weighted by atomic mass is 32.1. The molecule has 6 heteroatoms. The van der Waals surface area contributed by atoms with Crippen LogP contribution in [-0.4, -0.2) is 27.7 Å². The second-order valence-corrected chi connectivity index (χ2v) is 3.86. The zero-order chi connectivity index (χ0) is 10.8. The monoisotopic (exact) mass is 223 g/mol. The number of methoxy groups -OCH3 is 1. The Morgan fingerprint density at radius 3 is 2.93 bits per heavy atom. The Morgan fingerprint density at radius 1 is 1.60 bits per heavy atom. The van der Waals surface area contributed by atoms with Crippen molar-refractivity contribution in [3.8, 4) is 5.75 Å². The summed E-state index contributed by atoms with van der Waals surface area (Å²) >= 11 is 1.33. The molecule has 0 saturated heterocycles. The smallest absolute Gasteiger partial charge is 0.240 e. The van der Waals surface area contributed by atoms with E-state index in [2.05, 4.69) is 10.2 Å². The summed E-state index contributed by atoms with van der Waals surface area (Å²) in [7, 11) is 3.30. The van der Waals surface area contributed by atoms with E-state index in [0.29, 0.717) is 16.5 Å². The number of aryl methyl sites for hydroxylation is 1. The second-order valence-electron chi connectivity index (χ2n) is 2.95. The summed E-state index contributed by atoms with van der Waals surface area (Å²) < 4.78 is 6.60. The number of carbonyl (C=O) groups excluding carboxylic acids is 1. The minimum Gasteiger partial charge on any atom is -0.496 e. The van der Waals surface area contributed by atoms with E-state index in [1.54, 1.807) is 30.2 Å². The lowest BCUT2D eigenvalue weighted by Gasteiger charge is -1.95. The predicted octanol–water partition coefficient (Wildman–Crippen LogP) is 1.12. The summed E-state index contributed by atoms with van der Waals surface area (Å²) in [5.41, 5.74) is 0. The van der Waals surface area contributed by atoms with E-state index < -0.39 is 0 Å². The molecule has 0 amide bonds. The number of carbonyl (C=O) groups is 1. The lowest BCUT2D eigenvalue weighted by atomic mass is 10.3. The van der Waals surface area contributed by atoms with Gasteiger partial charge < -0.3 is 9.30 Å². The second kappa shape index (κ2) is 3.82. The highest BCUT2D eigenvalue weighted by Gasteiger charge is 2.16. The van der Waals surface area contributed by atoms with Crippen LogP contribution in [0.5, 0.6) is 5.75 Å². The van der Waals surface area contributed by atoms with Gasteiger partial charge in [-0.3, -0.25) is 4.79 Å². The molecule has 15 heavy (non-hydrogen) atoms. The number of thiophene rings is 1. The van der Waals surface area contributed by atoms with Gasteiger partial charge in [-0.2, -0.15) is 0 Å². The van der Waals surface area contributed by atoms with Gasteiger partial charge in [-0.1, -0.05) is 0 Å². The van der Waals surface area contributed by atoms with E-state index in [1.165, 1.54) is 17.7 Å². The zero-order valence-electron chi connectivity index (χ0n) is 8.30. The third-order valence-electron chi connectivity index (χ3n) is 1.95. The largest absolute Gasteiger partial charge is 0.496 e. The molecule has 2 aromatic heterocycles. The number of aromatic nitrogens is 3. The molecule has 0 aliphatic rings. The molecule has 0 bridgehead atoms. The average molecular weight is 223 g/mol. The Balaban J connectivity index is 2.32. The molecule has 0 saturated carbocycles. The number of ether oxygens (including phenoxy) is 1. The van der Waals surface area contributed by atoms with Gasteiger partial charge in [-0.25, -0.2) is 0 Å². The third kappa shape index (κ3) is 1.75. The summed E-state index contributed by atoms with van der Waals surface area (Å²) in [5.74, 6) is 0.883. The standard InChI is InChI=1S/C9H9N3O2S/c1-12-5-10-11-9(12)8(13)7-3-6(14-2)4-15-7/h3-5H,1-2H3. The van der Waals surface area contributed by atoms with Crippen LogP contribution in [-0.2, 0) is 7.05 Å². The quantitative estimate of drug-likeness (QED) is 0.731. The van der Waals surface area contributed by atoms with Gasteiger partial charge in [-0.05, 0) is 0 Å². The molecule has 0 atom stereocenters. The highest BCUT2D eigenvalue weighted by Crippen LogP contribution is 2.22. The van der Waals surface area contributed by atoms with Crippen LogP contribution < -0.4 is 4.74 Å². The van der Waals surface area contributed by atoms with Crippen LogP contribution in [0.4, 0.5) is 0 Å². The Hall–Kier alpha value is -1.69. The van der Waals surface area contributed by atoms with Crippen molar-refractivity contribution in [2.75, 3.05) is 7.11 Å².